The maximum atomic E-state index is 12.9. The van der Waals surface area contributed by atoms with Gasteiger partial charge in [-0.25, -0.2) is 21.6 Å². The second kappa shape index (κ2) is 16.1. The lowest BCUT2D eigenvalue weighted by molar-refractivity contribution is -0.121. The highest BCUT2D eigenvalue weighted by atomic mass is 32.2. The Kier molecular flexibility index (Phi) is 12.2. The van der Waals surface area contributed by atoms with Crippen molar-refractivity contribution in [1.29, 1.82) is 0 Å². The number of sulfonamides is 1. The number of rotatable bonds is 11. The van der Waals surface area contributed by atoms with Crippen LogP contribution in [0.2, 0.25) is 0 Å². The Hall–Kier alpha value is -2.01. The molecule has 4 saturated carbocycles. The van der Waals surface area contributed by atoms with Crippen molar-refractivity contribution in [2.45, 2.75) is 130 Å². The molecule has 2 N–H and O–H groups in total. The summed E-state index contributed by atoms with van der Waals surface area (Å²) in [5, 5.41) is 3.54. The van der Waals surface area contributed by atoms with Gasteiger partial charge in [-0.05, 0) is 172 Å². The van der Waals surface area contributed by atoms with Gasteiger partial charge in [0.15, 0.2) is 9.84 Å². The standard InChI is InChI=1S/C47H73N3O5S2/c1-33(2)38-19-25-47(32-48-26-9-27-50-28-30-56(52,53)31-29-50)24-18-34(3)45(6)23-21-41-44(4,5)39(20-22-46(41,7)42(45)11-8-10-40(38)47)35-12-14-36(15-13-35)43(51)49-57(54,55)37-16-17-37/h12-15,20,34,37-38,40-42,48H,1,8-11,16-19,21-32H2,2-7H3,(H,49,51). The molecule has 1 aromatic carbocycles. The molecule has 1 amide bonds. The normalized spacial score (nSPS) is 36.9. The lowest BCUT2D eigenvalue weighted by Crippen LogP contribution is -2.56. The molecule has 6 aliphatic rings. The van der Waals surface area contributed by atoms with Gasteiger partial charge in [-0.1, -0.05) is 71.4 Å². The number of fused-ring (bicyclic) bond motifs is 4. The molecule has 57 heavy (non-hydrogen) atoms. The molecule has 5 aliphatic carbocycles. The number of amides is 1. The van der Waals surface area contributed by atoms with E-state index in [9.17, 15) is 21.6 Å². The molecule has 0 aromatic heterocycles. The summed E-state index contributed by atoms with van der Waals surface area (Å²) in [6.45, 7) is 24.0. The molecule has 8 nitrogen and oxygen atoms in total. The third-order valence-corrected chi connectivity index (χ3v) is 20.6. The van der Waals surface area contributed by atoms with Crippen molar-refractivity contribution >= 4 is 31.3 Å². The zero-order valence-corrected chi connectivity index (χ0v) is 37.6. The maximum Gasteiger partial charge on any atom is 0.264 e. The fourth-order valence-corrected chi connectivity index (χ4v) is 16.1. The van der Waals surface area contributed by atoms with Gasteiger partial charge in [0.1, 0.15) is 0 Å². The van der Waals surface area contributed by atoms with Crippen LogP contribution in [-0.4, -0.2) is 77.1 Å². The summed E-state index contributed by atoms with van der Waals surface area (Å²) in [6.07, 6.45) is 17.3. The third-order valence-electron chi connectivity index (χ3n) is 17.1. The summed E-state index contributed by atoms with van der Waals surface area (Å²) < 4.78 is 50.9. The summed E-state index contributed by atoms with van der Waals surface area (Å²) in [6, 6.07) is 7.64. The number of hydrogen-bond acceptors (Lipinski definition) is 7. The molecule has 1 heterocycles. The van der Waals surface area contributed by atoms with Crippen LogP contribution in [0.5, 0.6) is 0 Å². The van der Waals surface area contributed by atoms with Crippen LogP contribution in [0, 0.1) is 51.2 Å². The van der Waals surface area contributed by atoms with Crippen molar-refractivity contribution in [3.05, 3.63) is 53.6 Å². The van der Waals surface area contributed by atoms with Crippen LogP contribution in [0.4, 0.5) is 0 Å². The molecule has 1 saturated heterocycles. The first-order chi connectivity index (χ1) is 26.8. The Balaban J connectivity index is 1.05. The van der Waals surface area contributed by atoms with Crippen LogP contribution in [0.15, 0.2) is 42.5 Å². The predicted molar refractivity (Wildman–Crippen MR) is 233 cm³/mol. The van der Waals surface area contributed by atoms with Crippen LogP contribution >= 0.6 is 0 Å². The largest absolute Gasteiger partial charge is 0.316 e. The molecule has 8 unspecified atom stereocenters. The SMILES string of the molecule is C=C(C)C1CCC2(CNCCCN3CCS(=O)(=O)CC3)CCC(C)C3(C)CCC4C(C)(C)C(c5ccc(C(=O)NS(=O)(=O)C6CC6)cc5)=CCC4(C)C3CCCC12. The maximum absolute atomic E-state index is 12.9. The highest BCUT2D eigenvalue weighted by Crippen LogP contribution is 2.69. The number of benzene rings is 1. The number of allylic oxidation sites excluding steroid dienone is 3. The lowest BCUT2D eigenvalue weighted by Gasteiger charge is -2.64. The molecule has 1 aliphatic heterocycles. The van der Waals surface area contributed by atoms with E-state index in [2.05, 4.69) is 69.1 Å². The fraction of sp³-hybridized carbons (Fsp3) is 0.766. The first-order valence-corrected chi connectivity index (χ1v) is 25.8. The smallest absolute Gasteiger partial charge is 0.264 e. The molecule has 7 rings (SSSR count). The van der Waals surface area contributed by atoms with Crippen LogP contribution in [0.25, 0.3) is 5.57 Å². The fourth-order valence-electron chi connectivity index (χ4n) is 13.5. The first-order valence-electron chi connectivity index (χ1n) is 22.5. The van der Waals surface area contributed by atoms with Crippen molar-refractivity contribution in [3.63, 3.8) is 0 Å². The highest BCUT2D eigenvalue weighted by Gasteiger charge is 2.60. The second-order valence-corrected chi connectivity index (χ2v) is 25.1. The quantitative estimate of drug-likeness (QED) is 0.170. The van der Waals surface area contributed by atoms with Gasteiger partial charge in [0, 0.05) is 25.2 Å². The number of carbonyl (C=O) groups is 1. The third kappa shape index (κ3) is 8.51. The van der Waals surface area contributed by atoms with Crippen LogP contribution in [0.3, 0.4) is 0 Å². The van der Waals surface area contributed by atoms with E-state index in [1.54, 1.807) is 12.1 Å². The molecular formula is C47H73N3O5S2. The Morgan fingerprint density at radius 1 is 0.895 bits per heavy atom. The van der Waals surface area contributed by atoms with E-state index in [1.165, 1.54) is 68.9 Å². The highest BCUT2D eigenvalue weighted by molar-refractivity contribution is 7.91. The zero-order chi connectivity index (χ0) is 41.0. The van der Waals surface area contributed by atoms with Crippen molar-refractivity contribution in [1.82, 2.24) is 14.9 Å². The Morgan fingerprint density at radius 2 is 1.58 bits per heavy atom. The average molecular weight is 824 g/mol. The number of carbonyl (C=O) groups excluding carboxylic acids is 1. The second-order valence-electron chi connectivity index (χ2n) is 20.8. The van der Waals surface area contributed by atoms with Gasteiger partial charge in [-0.3, -0.25) is 4.79 Å². The van der Waals surface area contributed by atoms with Crippen molar-refractivity contribution in [2.24, 2.45) is 51.2 Å². The van der Waals surface area contributed by atoms with E-state index >= 15 is 0 Å². The van der Waals surface area contributed by atoms with Gasteiger partial charge in [-0.2, -0.15) is 0 Å². The zero-order valence-electron chi connectivity index (χ0n) is 36.0. The van der Waals surface area contributed by atoms with Gasteiger partial charge < -0.3 is 10.2 Å². The minimum absolute atomic E-state index is 0.0466. The molecule has 0 bridgehead atoms. The van der Waals surface area contributed by atoms with Gasteiger partial charge >= 0.3 is 0 Å². The minimum atomic E-state index is -3.59. The van der Waals surface area contributed by atoms with E-state index in [0.717, 1.165) is 38.0 Å². The molecule has 0 radical (unpaired) electrons. The van der Waals surface area contributed by atoms with Gasteiger partial charge in [0.05, 0.1) is 16.8 Å². The first kappa shape index (κ1) is 43.1. The summed E-state index contributed by atoms with van der Waals surface area (Å²) >= 11 is 0. The van der Waals surface area contributed by atoms with E-state index in [4.69, 9.17) is 0 Å². The molecule has 8 atom stereocenters. The topological polar surface area (TPSA) is 113 Å². The van der Waals surface area contributed by atoms with Crippen molar-refractivity contribution < 1.29 is 21.6 Å². The van der Waals surface area contributed by atoms with E-state index in [0.29, 0.717) is 78.0 Å². The summed E-state index contributed by atoms with van der Waals surface area (Å²) in [7, 11) is -6.43. The van der Waals surface area contributed by atoms with Gasteiger partial charge in [0.2, 0.25) is 10.0 Å². The molecule has 10 heteroatoms. The molecule has 1 aromatic rings. The van der Waals surface area contributed by atoms with Crippen molar-refractivity contribution in [3.8, 4) is 0 Å². The van der Waals surface area contributed by atoms with Crippen LogP contribution < -0.4 is 10.0 Å². The molecule has 0 spiro atoms. The lowest BCUT2D eigenvalue weighted by atomic mass is 9.40. The van der Waals surface area contributed by atoms with E-state index < -0.39 is 31.0 Å². The number of nitrogens with one attached hydrogen (secondary N) is 2. The summed E-state index contributed by atoms with van der Waals surface area (Å²) in [4.78, 5) is 15.2. The molecule has 5 fully saturated rings. The Morgan fingerprint density at radius 3 is 2.25 bits per heavy atom. The molecule has 318 valence electrons. The number of nitrogens with zero attached hydrogens (tertiary/aromatic N) is 1. The van der Waals surface area contributed by atoms with Crippen LogP contribution in [-0.2, 0) is 19.9 Å². The number of hydrogen-bond donors (Lipinski definition) is 2. The van der Waals surface area contributed by atoms with E-state index in [-0.39, 0.29) is 16.2 Å². The van der Waals surface area contributed by atoms with E-state index in [1.807, 2.05) is 12.1 Å². The Labute approximate surface area is 345 Å². The van der Waals surface area contributed by atoms with Crippen LogP contribution in [0.1, 0.15) is 141 Å². The average Bonchev–Trinajstić information content (AvgIpc) is 3.95. The van der Waals surface area contributed by atoms with Gasteiger partial charge in [-0.15, -0.1) is 0 Å². The predicted octanol–water partition coefficient (Wildman–Crippen LogP) is 8.66. The molecular weight excluding hydrogens is 751 g/mol. The summed E-state index contributed by atoms with van der Waals surface area (Å²) in [5.41, 5.74) is 4.96. The minimum Gasteiger partial charge on any atom is -0.316 e. The number of sulfone groups is 1. The summed E-state index contributed by atoms with van der Waals surface area (Å²) in [5.74, 6) is 3.12. The monoisotopic (exact) mass is 823 g/mol. The van der Waals surface area contributed by atoms with Crippen molar-refractivity contribution in [2.75, 3.05) is 44.2 Å². The van der Waals surface area contributed by atoms with Gasteiger partial charge in [0.25, 0.3) is 5.91 Å². The Bertz CT molecular complexity index is 1910.